The van der Waals surface area contributed by atoms with Crippen molar-refractivity contribution in [1.82, 2.24) is 10.2 Å². The predicted octanol–water partition coefficient (Wildman–Crippen LogP) is 1.49. The summed E-state index contributed by atoms with van der Waals surface area (Å²) in [5.74, 6) is 1.15. The van der Waals surface area contributed by atoms with Crippen LogP contribution >= 0.6 is 11.6 Å². The Kier molecular flexibility index (Phi) is 5.81. The van der Waals surface area contributed by atoms with Crippen LogP contribution in [-0.2, 0) is 16.0 Å². The van der Waals surface area contributed by atoms with Crippen molar-refractivity contribution in [2.24, 2.45) is 0 Å². The molecule has 0 aromatic heterocycles. The van der Waals surface area contributed by atoms with Gasteiger partial charge in [0.1, 0.15) is 13.2 Å². The summed E-state index contributed by atoms with van der Waals surface area (Å²) in [7, 11) is 0. The zero-order valence-corrected chi connectivity index (χ0v) is 14.6. The van der Waals surface area contributed by atoms with Crippen molar-refractivity contribution in [3.63, 3.8) is 0 Å². The summed E-state index contributed by atoms with van der Waals surface area (Å²) in [6.07, 6.45) is 0.268. The van der Waals surface area contributed by atoms with Crippen LogP contribution in [0.2, 0.25) is 5.02 Å². The molecular weight excluding hydrogens is 332 g/mol. The first-order chi connectivity index (χ1) is 11.6. The zero-order chi connectivity index (χ0) is 16.9. The molecule has 0 saturated carbocycles. The van der Waals surface area contributed by atoms with Crippen LogP contribution in [0, 0.1) is 0 Å². The van der Waals surface area contributed by atoms with E-state index >= 15 is 0 Å². The van der Waals surface area contributed by atoms with E-state index in [4.69, 9.17) is 25.8 Å². The van der Waals surface area contributed by atoms with E-state index < -0.39 is 0 Å². The first-order valence-electron chi connectivity index (χ1n) is 8.29. The highest BCUT2D eigenvalue weighted by Crippen LogP contribution is 2.38. The van der Waals surface area contributed by atoms with Crippen LogP contribution in [0.25, 0.3) is 0 Å². The first-order valence-corrected chi connectivity index (χ1v) is 8.67. The summed E-state index contributed by atoms with van der Waals surface area (Å²) in [6, 6.07) is 3.68. The standard InChI is InChI=1S/C17H23ClN2O4/c1-12(11-20-2-4-22-5-3-20)19-16(21)10-13-8-14(18)17-15(9-13)23-6-7-24-17/h8-9,12H,2-7,10-11H2,1H3,(H,19,21). The highest BCUT2D eigenvalue weighted by atomic mass is 35.5. The molecule has 132 valence electrons. The van der Waals surface area contributed by atoms with Gasteiger partial charge in [0.2, 0.25) is 5.91 Å². The van der Waals surface area contributed by atoms with Crippen LogP contribution in [0.15, 0.2) is 12.1 Å². The van der Waals surface area contributed by atoms with Crippen molar-refractivity contribution >= 4 is 17.5 Å². The number of nitrogens with zero attached hydrogens (tertiary/aromatic N) is 1. The number of nitrogens with one attached hydrogen (secondary N) is 1. The molecule has 1 saturated heterocycles. The van der Waals surface area contributed by atoms with E-state index in [1.165, 1.54) is 0 Å². The number of benzene rings is 1. The molecule has 2 heterocycles. The van der Waals surface area contributed by atoms with Crippen molar-refractivity contribution in [3.8, 4) is 11.5 Å². The largest absolute Gasteiger partial charge is 0.486 e. The van der Waals surface area contributed by atoms with Crippen molar-refractivity contribution < 1.29 is 19.0 Å². The van der Waals surface area contributed by atoms with Crippen LogP contribution in [0.3, 0.4) is 0 Å². The molecule has 1 fully saturated rings. The van der Waals surface area contributed by atoms with E-state index in [0.29, 0.717) is 29.7 Å². The Morgan fingerprint density at radius 3 is 2.79 bits per heavy atom. The van der Waals surface area contributed by atoms with Crippen LogP contribution in [-0.4, -0.2) is 62.9 Å². The summed E-state index contributed by atoms with van der Waals surface area (Å²) in [5.41, 5.74) is 0.820. The maximum atomic E-state index is 12.3. The van der Waals surface area contributed by atoms with Gasteiger partial charge in [0.25, 0.3) is 0 Å². The maximum absolute atomic E-state index is 12.3. The Labute approximate surface area is 147 Å². The normalized spacial score (nSPS) is 18.9. The van der Waals surface area contributed by atoms with Crippen molar-refractivity contribution in [3.05, 3.63) is 22.7 Å². The molecule has 1 amide bonds. The molecule has 6 nitrogen and oxygen atoms in total. The van der Waals surface area contributed by atoms with Gasteiger partial charge in [0.05, 0.1) is 24.7 Å². The Morgan fingerprint density at radius 2 is 2.00 bits per heavy atom. The molecule has 1 unspecified atom stereocenters. The number of hydrogen-bond acceptors (Lipinski definition) is 5. The molecular formula is C17H23ClN2O4. The van der Waals surface area contributed by atoms with Crippen LogP contribution < -0.4 is 14.8 Å². The van der Waals surface area contributed by atoms with Gasteiger partial charge in [-0.25, -0.2) is 0 Å². The van der Waals surface area contributed by atoms with Crippen molar-refractivity contribution in [1.29, 1.82) is 0 Å². The second-order valence-corrected chi connectivity index (χ2v) is 6.57. The van der Waals surface area contributed by atoms with Gasteiger partial charge in [-0.1, -0.05) is 11.6 Å². The topological polar surface area (TPSA) is 60.0 Å². The molecule has 24 heavy (non-hydrogen) atoms. The van der Waals surface area contributed by atoms with Gasteiger partial charge in [0, 0.05) is 25.7 Å². The molecule has 3 rings (SSSR count). The minimum Gasteiger partial charge on any atom is -0.486 e. The number of carbonyl (C=O) groups is 1. The van der Waals surface area contributed by atoms with E-state index in [-0.39, 0.29) is 18.4 Å². The van der Waals surface area contributed by atoms with Crippen LogP contribution in [0.4, 0.5) is 0 Å². The number of amides is 1. The number of ether oxygens (including phenoxy) is 3. The lowest BCUT2D eigenvalue weighted by atomic mass is 10.1. The monoisotopic (exact) mass is 354 g/mol. The smallest absolute Gasteiger partial charge is 0.224 e. The van der Waals surface area contributed by atoms with Gasteiger partial charge in [-0.2, -0.15) is 0 Å². The lowest BCUT2D eigenvalue weighted by Crippen LogP contribution is -2.46. The molecule has 0 aliphatic carbocycles. The quantitative estimate of drug-likeness (QED) is 0.868. The molecule has 2 aliphatic rings. The SMILES string of the molecule is CC(CN1CCOCC1)NC(=O)Cc1cc(Cl)c2c(c1)OCCO2. The van der Waals surface area contributed by atoms with Gasteiger partial charge < -0.3 is 19.5 Å². The van der Waals surface area contributed by atoms with Crippen LogP contribution in [0.5, 0.6) is 11.5 Å². The average Bonchev–Trinajstić information content (AvgIpc) is 2.55. The Morgan fingerprint density at radius 1 is 1.25 bits per heavy atom. The minimum atomic E-state index is -0.0245. The highest BCUT2D eigenvalue weighted by molar-refractivity contribution is 6.32. The molecule has 7 heteroatoms. The van der Waals surface area contributed by atoms with Gasteiger partial charge in [-0.3, -0.25) is 9.69 Å². The van der Waals surface area contributed by atoms with Gasteiger partial charge in [0.15, 0.2) is 11.5 Å². The highest BCUT2D eigenvalue weighted by Gasteiger charge is 2.19. The summed E-state index contributed by atoms with van der Waals surface area (Å²) >= 11 is 6.21. The number of hydrogen-bond donors (Lipinski definition) is 1. The van der Waals surface area contributed by atoms with E-state index in [1.54, 1.807) is 6.07 Å². The third-order valence-electron chi connectivity index (χ3n) is 4.06. The molecule has 1 atom stereocenters. The van der Waals surface area contributed by atoms with Crippen molar-refractivity contribution in [2.75, 3.05) is 46.1 Å². The van der Waals surface area contributed by atoms with E-state index in [0.717, 1.165) is 38.4 Å². The summed E-state index contributed by atoms with van der Waals surface area (Å²) < 4.78 is 16.4. The Hall–Kier alpha value is -1.50. The number of rotatable bonds is 5. The van der Waals surface area contributed by atoms with E-state index in [9.17, 15) is 4.79 Å². The minimum absolute atomic E-state index is 0.0245. The fraction of sp³-hybridized carbons (Fsp3) is 0.588. The third-order valence-corrected chi connectivity index (χ3v) is 4.35. The number of fused-ring (bicyclic) bond motifs is 1. The molecule has 2 aliphatic heterocycles. The molecule has 0 bridgehead atoms. The molecule has 1 aromatic carbocycles. The maximum Gasteiger partial charge on any atom is 0.224 e. The van der Waals surface area contributed by atoms with Gasteiger partial charge in [-0.05, 0) is 24.6 Å². The first kappa shape index (κ1) is 17.3. The van der Waals surface area contributed by atoms with Gasteiger partial charge in [-0.15, -0.1) is 0 Å². The lowest BCUT2D eigenvalue weighted by Gasteiger charge is -2.29. The second-order valence-electron chi connectivity index (χ2n) is 6.16. The zero-order valence-electron chi connectivity index (χ0n) is 13.8. The lowest BCUT2D eigenvalue weighted by molar-refractivity contribution is -0.121. The number of halogens is 1. The van der Waals surface area contributed by atoms with Gasteiger partial charge >= 0.3 is 0 Å². The Balaban J connectivity index is 1.53. The molecule has 1 aromatic rings. The number of carbonyl (C=O) groups excluding carboxylic acids is 1. The van der Waals surface area contributed by atoms with E-state index in [2.05, 4.69) is 10.2 Å². The fourth-order valence-corrected chi connectivity index (χ4v) is 3.28. The summed E-state index contributed by atoms with van der Waals surface area (Å²) in [5, 5.41) is 3.52. The molecule has 1 N–H and O–H groups in total. The van der Waals surface area contributed by atoms with E-state index in [1.807, 2.05) is 13.0 Å². The Bertz CT molecular complexity index is 590. The van der Waals surface area contributed by atoms with Crippen molar-refractivity contribution in [2.45, 2.75) is 19.4 Å². The number of morpholine rings is 1. The average molecular weight is 355 g/mol. The molecule has 0 spiro atoms. The molecule has 0 radical (unpaired) electrons. The summed E-state index contributed by atoms with van der Waals surface area (Å²) in [4.78, 5) is 14.6. The summed E-state index contributed by atoms with van der Waals surface area (Å²) in [6.45, 7) is 7.19. The second kappa shape index (κ2) is 8.05. The predicted molar refractivity (Wildman–Crippen MR) is 91.0 cm³/mol. The fourth-order valence-electron chi connectivity index (χ4n) is 2.99. The van der Waals surface area contributed by atoms with Crippen LogP contribution in [0.1, 0.15) is 12.5 Å². The third kappa shape index (κ3) is 4.53.